The first-order chi connectivity index (χ1) is 10.6. The van der Waals surface area contributed by atoms with Gasteiger partial charge in [0.15, 0.2) is 0 Å². The Morgan fingerprint density at radius 1 is 1.18 bits per heavy atom. The van der Waals surface area contributed by atoms with E-state index in [1.54, 1.807) is 6.20 Å². The van der Waals surface area contributed by atoms with E-state index in [0.29, 0.717) is 16.6 Å². The van der Waals surface area contributed by atoms with Gasteiger partial charge in [-0.3, -0.25) is 0 Å². The molecule has 0 radical (unpaired) electrons. The number of hydrogen-bond donors (Lipinski definition) is 2. The van der Waals surface area contributed by atoms with Crippen LogP contribution in [-0.4, -0.2) is 33.9 Å². The molecule has 0 spiro atoms. The number of aliphatic hydroxyl groups excluding tert-OH is 1. The van der Waals surface area contributed by atoms with Gasteiger partial charge in [-0.15, -0.1) is 0 Å². The predicted molar refractivity (Wildman–Crippen MR) is 89.8 cm³/mol. The van der Waals surface area contributed by atoms with Gasteiger partial charge in [0.05, 0.1) is 22.7 Å². The van der Waals surface area contributed by atoms with E-state index in [-0.39, 0.29) is 6.04 Å². The van der Waals surface area contributed by atoms with Crippen molar-refractivity contribution in [2.75, 3.05) is 13.1 Å². The van der Waals surface area contributed by atoms with Crippen molar-refractivity contribution in [3.05, 3.63) is 40.5 Å². The summed E-state index contributed by atoms with van der Waals surface area (Å²) in [6.07, 6.45) is 1.98. The maximum atomic E-state index is 10.4. The molecule has 4 rings (SSSR count). The van der Waals surface area contributed by atoms with Crippen molar-refractivity contribution in [3.8, 4) is 0 Å². The zero-order chi connectivity index (χ0) is 15.3. The fourth-order valence-electron chi connectivity index (χ4n) is 3.30. The van der Waals surface area contributed by atoms with Crippen LogP contribution < -0.4 is 5.32 Å². The Labute approximate surface area is 137 Å². The van der Waals surface area contributed by atoms with Crippen molar-refractivity contribution in [2.24, 2.45) is 0 Å². The topological polar surface area (TPSA) is 50.1 Å². The van der Waals surface area contributed by atoms with Crippen molar-refractivity contribution in [3.63, 3.8) is 0 Å². The van der Waals surface area contributed by atoms with Crippen molar-refractivity contribution < 1.29 is 5.11 Å². The normalized spacial score (nSPS) is 22.5. The lowest BCUT2D eigenvalue weighted by Crippen LogP contribution is -2.41. The van der Waals surface area contributed by atoms with E-state index in [1.807, 2.05) is 24.3 Å². The highest BCUT2D eigenvalue weighted by Crippen LogP contribution is 2.35. The highest BCUT2D eigenvalue weighted by atomic mass is 35.5. The Bertz CT molecular complexity index is 802. The number of nitrogens with one attached hydrogen (secondary N) is 1. The number of aromatic nitrogens is 2. The van der Waals surface area contributed by atoms with E-state index >= 15 is 0 Å². The summed E-state index contributed by atoms with van der Waals surface area (Å²) >= 11 is 12.3. The maximum absolute atomic E-state index is 10.4. The maximum Gasteiger partial charge on any atom is 0.141 e. The van der Waals surface area contributed by atoms with Gasteiger partial charge in [0.1, 0.15) is 5.65 Å². The molecular weight excluding hydrogens is 321 g/mol. The summed E-state index contributed by atoms with van der Waals surface area (Å²) in [5, 5.41) is 17.0. The summed E-state index contributed by atoms with van der Waals surface area (Å²) in [6.45, 7) is 1.55. The molecule has 114 valence electrons. The first-order valence-electron chi connectivity index (χ1n) is 7.28. The third kappa shape index (κ3) is 2.18. The zero-order valence-electron chi connectivity index (χ0n) is 11.8. The van der Waals surface area contributed by atoms with Gasteiger partial charge in [0.25, 0.3) is 0 Å². The molecule has 4 nitrogen and oxygen atoms in total. The lowest BCUT2D eigenvalue weighted by Gasteiger charge is -2.30. The van der Waals surface area contributed by atoms with E-state index in [0.717, 1.165) is 34.9 Å². The monoisotopic (exact) mass is 335 g/mol. The summed E-state index contributed by atoms with van der Waals surface area (Å²) in [7, 11) is 0. The molecule has 1 aliphatic rings. The molecule has 1 fully saturated rings. The minimum Gasteiger partial charge on any atom is -0.391 e. The predicted octanol–water partition coefficient (Wildman–Crippen LogP) is 3.39. The van der Waals surface area contributed by atoms with Crippen LogP contribution in [0.2, 0.25) is 10.0 Å². The molecule has 22 heavy (non-hydrogen) atoms. The standard InChI is InChI=1S/C16H15Cl2N3O/c17-9-1-2-13-11(5-9)12-6-10(18)7-20-16(12)21(13)14-8-19-4-3-15(14)22/h1-2,5-7,14-15,19,22H,3-4,8H2. The third-order valence-electron chi connectivity index (χ3n) is 4.32. The largest absolute Gasteiger partial charge is 0.391 e. The van der Waals surface area contributed by atoms with Gasteiger partial charge in [0, 0.05) is 28.5 Å². The lowest BCUT2D eigenvalue weighted by atomic mass is 10.0. The van der Waals surface area contributed by atoms with E-state index in [2.05, 4.69) is 14.9 Å². The Kier molecular flexibility index (Phi) is 3.50. The van der Waals surface area contributed by atoms with E-state index in [9.17, 15) is 5.11 Å². The summed E-state index contributed by atoms with van der Waals surface area (Å²) in [5.74, 6) is 0. The Morgan fingerprint density at radius 2 is 2.00 bits per heavy atom. The van der Waals surface area contributed by atoms with Gasteiger partial charge < -0.3 is 15.0 Å². The SMILES string of the molecule is OC1CCNCC1n1c2ccc(Cl)cc2c2cc(Cl)cnc21. The number of piperidine rings is 1. The number of fused-ring (bicyclic) bond motifs is 3. The Balaban J connectivity index is 2.06. The van der Waals surface area contributed by atoms with Crippen LogP contribution >= 0.6 is 23.2 Å². The number of nitrogens with zero attached hydrogens (tertiary/aromatic N) is 2. The van der Waals surface area contributed by atoms with Crippen LogP contribution in [0.1, 0.15) is 12.5 Å². The van der Waals surface area contributed by atoms with Crippen LogP contribution in [0.5, 0.6) is 0 Å². The fourth-order valence-corrected chi connectivity index (χ4v) is 3.63. The van der Waals surface area contributed by atoms with Crippen LogP contribution in [0.3, 0.4) is 0 Å². The molecule has 0 aliphatic carbocycles. The number of halogens is 2. The highest BCUT2D eigenvalue weighted by Gasteiger charge is 2.28. The van der Waals surface area contributed by atoms with E-state index < -0.39 is 6.10 Å². The minimum absolute atomic E-state index is 0.0522. The summed E-state index contributed by atoms with van der Waals surface area (Å²) in [5.41, 5.74) is 1.84. The Morgan fingerprint density at radius 3 is 2.82 bits per heavy atom. The number of rotatable bonds is 1. The third-order valence-corrected chi connectivity index (χ3v) is 4.76. The second kappa shape index (κ2) is 5.39. The average Bonchev–Trinajstić information content (AvgIpc) is 2.81. The molecule has 3 aromatic rings. The first-order valence-corrected chi connectivity index (χ1v) is 8.04. The fraction of sp³-hybridized carbons (Fsp3) is 0.312. The van der Waals surface area contributed by atoms with Crippen molar-refractivity contribution in [1.82, 2.24) is 14.9 Å². The molecular formula is C16H15Cl2N3O. The van der Waals surface area contributed by atoms with Gasteiger partial charge in [-0.05, 0) is 37.2 Å². The molecule has 2 unspecified atom stereocenters. The number of pyridine rings is 1. The van der Waals surface area contributed by atoms with E-state index in [1.165, 1.54) is 0 Å². The highest BCUT2D eigenvalue weighted by molar-refractivity contribution is 6.33. The molecule has 3 heterocycles. The molecule has 6 heteroatoms. The average molecular weight is 336 g/mol. The smallest absolute Gasteiger partial charge is 0.141 e. The second-order valence-corrected chi connectivity index (χ2v) is 6.56. The van der Waals surface area contributed by atoms with Crippen LogP contribution in [0.15, 0.2) is 30.5 Å². The number of benzene rings is 1. The summed E-state index contributed by atoms with van der Waals surface area (Å²) < 4.78 is 2.11. The van der Waals surface area contributed by atoms with E-state index in [4.69, 9.17) is 23.2 Å². The second-order valence-electron chi connectivity index (χ2n) is 5.68. The van der Waals surface area contributed by atoms with Crippen LogP contribution in [-0.2, 0) is 0 Å². The molecule has 2 N–H and O–H groups in total. The Hall–Kier alpha value is -1.33. The van der Waals surface area contributed by atoms with Gasteiger partial charge in [-0.25, -0.2) is 4.98 Å². The van der Waals surface area contributed by atoms with Crippen molar-refractivity contribution in [1.29, 1.82) is 0 Å². The molecule has 0 amide bonds. The molecule has 1 aromatic carbocycles. The van der Waals surface area contributed by atoms with Gasteiger partial charge in [-0.2, -0.15) is 0 Å². The minimum atomic E-state index is -0.395. The lowest BCUT2D eigenvalue weighted by molar-refractivity contribution is 0.0879. The number of hydrogen-bond acceptors (Lipinski definition) is 3. The summed E-state index contributed by atoms with van der Waals surface area (Å²) in [4.78, 5) is 4.51. The van der Waals surface area contributed by atoms with Crippen LogP contribution in [0.25, 0.3) is 21.9 Å². The van der Waals surface area contributed by atoms with Gasteiger partial charge in [-0.1, -0.05) is 23.2 Å². The summed E-state index contributed by atoms with van der Waals surface area (Å²) in [6, 6.07) is 7.62. The molecule has 2 aromatic heterocycles. The van der Waals surface area contributed by atoms with Gasteiger partial charge in [0.2, 0.25) is 0 Å². The van der Waals surface area contributed by atoms with Crippen LogP contribution in [0, 0.1) is 0 Å². The molecule has 0 bridgehead atoms. The van der Waals surface area contributed by atoms with Crippen LogP contribution in [0.4, 0.5) is 0 Å². The number of aliphatic hydroxyl groups is 1. The van der Waals surface area contributed by atoms with Crippen molar-refractivity contribution in [2.45, 2.75) is 18.6 Å². The quantitative estimate of drug-likeness (QED) is 0.716. The molecule has 1 saturated heterocycles. The molecule has 2 atom stereocenters. The van der Waals surface area contributed by atoms with Gasteiger partial charge >= 0.3 is 0 Å². The first kappa shape index (κ1) is 14.3. The zero-order valence-corrected chi connectivity index (χ0v) is 13.3. The van der Waals surface area contributed by atoms with Crippen molar-refractivity contribution >= 4 is 45.1 Å². The molecule has 0 saturated carbocycles. The molecule has 1 aliphatic heterocycles.